The number of carbonyl (C=O) groups excluding carboxylic acids is 2. The van der Waals surface area contributed by atoms with Crippen LogP contribution in [0.3, 0.4) is 0 Å². The number of hydrogen-bond acceptors (Lipinski definition) is 5. The summed E-state index contributed by atoms with van der Waals surface area (Å²) in [6.07, 6.45) is 3.33. The van der Waals surface area contributed by atoms with Gasteiger partial charge in [0.2, 0.25) is 5.91 Å². The zero-order valence-corrected chi connectivity index (χ0v) is 16.8. The Bertz CT molecular complexity index is 884. The van der Waals surface area contributed by atoms with Gasteiger partial charge in [-0.3, -0.25) is 14.5 Å². The van der Waals surface area contributed by atoms with E-state index in [1.54, 1.807) is 37.5 Å². The molecule has 2 aromatic rings. The van der Waals surface area contributed by atoms with Crippen LogP contribution in [0.5, 0.6) is 5.75 Å². The molecule has 0 atom stereocenters. The molecule has 1 aliphatic heterocycles. The number of benzene rings is 2. The Balaban J connectivity index is 1.70. The topological polar surface area (TPSA) is 67.9 Å². The summed E-state index contributed by atoms with van der Waals surface area (Å²) in [4.78, 5) is 26.0. The fourth-order valence-corrected chi connectivity index (χ4v) is 3.20. The lowest BCUT2D eigenvalue weighted by molar-refractivity contribution is -0.114. The van der Waals surface area contributed by atoms with Gasteiger partial charge in [-0.1, -0.05) is 18.2 Å². The molecule has 1 N–H and O–H groups in total. The highest BCUT2D eigenvalue weighted by Crippen LogP contribution is 2.23. The van der Waals surface area contributed by atoms with E-state index in [0.29, 0.717) is 5.56 Å². The van der Waals surface area contributed by atoms with Crippen LogP contribution < -0.4 is 10.1 Å². The molecule has 152 valence electrons. The first-order valence-electron chi connectivity index (χ1n) is 9.62. The van der Waals surface area contributed by atoms with Crippen molar-refractivity contribution in [3.8, 4) is 5.75 Å². The zero-order valence-electron chi connectivity index (χ0n) is 16.8. The molecule has 1 amide bonds. The van der Waals surface area contributed by atoms with E-state index in [-0.39, 0.29) is 11.7 Å². The molecule has 1 heterocycles. The summed E-state index contributed by atoms with van der Waals surface area (Å²) < 4.78 is 10.9. The van der Waals surface area contributed by atoms with Crippen molar-refractivity contribution in [2.75, 3.05) is 38.7 Å². The van der Waals surface area contributed by atoms with Crippen LogP contribution in [-0.2, 0) is 16.1 Å². The number of nitrogens with zero attached hydrogens (tertiary/aromatic N) is 1. The molecule has 0 saturated carbocycles. The number of rotatable bonds is 7. The smallest absolute Gasteiger partial charge is 0.221 e. The largest absolute Gasteiger partial charge is 0.496 e. The van der Waals surface area contributed by atoms with Gasteiger partial charge in [-0.05, 0) is 42.0 Å². The second-order valence-corrected chi connectivity index (χ2v) is 6.92. The Morgan fingerprint density at radius 3 is 2.52 bits per heavy atom. The van der Waals surface area contributed by atoms with Gasteiger partial charge in [0.25, 0.3) is 0 Å². The van der Waals surface area contributed by atoms with E-state index >= 15 is 0 Å². The Morgan fingerprint density at radius 1 is 1.14 bits per heavy atom. The van der Waals surface area contributed by atoms with Crippen molar-refractivity contribution < 1.29 is 19.1 Å². The molecular formula is C23H26N2O4. The molecule has 0 radical (unpaired) electrons. The molecule has 29 heavy (non-hydrogen) atoms. The molecule has 1 aliphatic rings. The summed E-state index contributed by atoms with van der Waals surface area (Å²) >= 11 is 0. The van der Waals surface area contributed by atoms with E-state index in [4.69, 9.17) is 9.47 Å². The van der Waals surface area contributed by atoms with Crippen molar-refractivity contribution in [2.24, 2.45) is 0 Å². The molecule has 0 spiro atoms. The average Bonchev–Trinajstić information content (AvgIpc) is 2.73. The van der Waals surface area contributed by atoms with Gasteiger partial charge < -0.3 is 14.8 Å². The van der Waals surface area contributed by atoms with Gasteiger partial charge in [0.05, 0.1) is 20.3 Å². The Labute approximate surface area is 171 Å². The minimum Gasteiger partial charge on any atom is -0.496 e. The summed E-state index contributed by atoms with van der Waals surface area (Å²) in [7, 11) is 1.64. The van der Waals surface area contributed by atoms with E-state index in [2.05, 4.69) is 10.2 Å². The van der Waals surface area contributed by atoms with E-state index in [1.165, 1.54) is 6.92 Å². The monoisotopic (exact) mass is 394 g/mol. The number of amides is 1. The van der Waals surface area contributed by atoms with Gasteiger partial charge in [-0.15, -0.1) is 0 Å². The highest BCUT2D eigenvalue weighted by atomic mass is 16.5. The molecule has 1 fully saturated rings. The van der Waals surface area contributed by atoms with Crippen molar-refractivity contribution >= 4 is 23.5 Å². The number of methoxy groups -OCH3 is 1. The average molecular weight is 394 g/mol. The van der Waals surface area contributed by atoms with E-state index in [1.807, 2.05) is 24.3 Å². The Morgan fingerprint density at radius 2 is 1.86 bits per heavy atom. The molecule has 2 aromatic carbocycles. The maximum atomic E-state index is 12.7. The fraction of sp³-hybridized carbons (Fsp3) is 0.304. The van der Waals surface area contributed by atoms with Crippen LogP contribution >= 0.6 is 0 Å². The predicted octanol–water partition coefficient (Wildman–Crippen LogP) is 3.38. The number of hydrogen-bond donors (Lipinski definition) is 1. The van der Waals surface area contributed by atoms with Crippen molar-refractivity contribution in [3.05, 3.63) is 65.2 Å². The van der Waals surface area contributed by atoms with Crippen molar-refractivity contribution in [1.29, 1.82) is 0 Å². The number of ether oxygens (including phenoxy) is 2. The molecule has 1 saturated heterocycles. The molecule has 0 aliphatic carbocycles. The number of ketones is 1. The lowest BCUT2D eigenvalue weighted by atomic mass is 10.0. The summed E-state index contributed by atoms with van der Waals surface area (Å²) in [6.45, 7) is 5.39. The predicted molar refractivity (Wildman–Crippen MR) is 113 cm³/mol. The molecule has 0 bridgehead atoms. The molecular weight excluding hydrogens is 368 g/mol. The first kappa shape index (κ1) is 20.8. The van der Waals surface area contributed by atoms with Crippen LogP contribution in [0, 0.1) is 0 Å². The molecule has 6 nitrogen and oxygen atoms in total. The van der Waals surface area contributed by atoms with Crippen LogP contribution in [0.1, 0.15) is 28.4 Å². The van der Waals surface area contributed by atoms with Crippen molar-refractivity contribution in [1.82, 2.24) is 4.90 Å². The second-order valence-electron chi connectivity index (χ2n) is 6.92. The maximum absolute atomic E-state index is 12.7. The number of morpholine rings is 1. The van der Waals surface area contributed by atoms with E-state index < -0.39 is 0 Å². The highest BCUT2D eigenvalue weighted by molar-refractivity contribution is 6.07. The van der Waals surface area contributed by atoms with Gasteiger partial charge in [0.1, 0.15) is 5.75 Å². The van der Waals surface area contributed by atoms with Crippen molar-refractivity contribution in [2.45, 2.75) is 13.5 Å². The first-order chi connectivity index (χ1) is 14.0. The van der Waals surface area contributed by atoms with Crippen LogP contribution in [0.15, 0.2) is 48.5 Å². The summed E-state index contributed by atoms with van der Waals surface area (Å²) in [5.41, 5.74) is 3.23. The Hall–Kier alpha value is -2.96. The number of carbonyl (C=O) groups is 2. The van der Waals surface area contributed by atoms with Crippen LogP contribution in [0.25, 0.3) is 6.08 Å². The van der Waals surface area contributed by atoms with E-state index in [0.717, 1.165) is 55.4 Å². The molecule has 6 heteroatoms. The minimum absolute atomic E-state index is 0.0678. The maximum Gasteiger partial charge on any atom is 0.221 e. The quantitative estimate of drug-likeness (QED) is 0.576. The summed E-state index contributed by atoms with van der Waals surface area (Å²) in [5.74, 6) is 0.600. The van der Waals surface area contributed by atoms with Gasteiger partial charge >= 0.3 is 0 Å². The molecule has 0 aromatic heterocycles. The summed E-state index contributed by atoms with van der Waals surface area (Å²) in [5, 5.41) is 2.72. The standard InChI is InChI=1S/C23H26N2O4/c1-17(26)24-21-7-3-18(4-8-21)5-9-22(27)19-6-10-23(28-2)20(15-19)16-25-11-13-29-14-12-25/h3-10,15H,11-14,16H2,1-2H3,(H,24,26). The van der Waals surface area contributed by atoms with Gasteiger partial charge in [0, 0.05) is 43.4 Å². The number of nitrogens with one attached hydrogen (secondary N) is 1. The third-order valence-corrected chi connectivity index (χ3v) is 4.72. The SMILES string of the molecule is COc1ccc(C(=O)C=Cc2ccc(NC(C)=O)cc2)cc1CN1CCOCC1. The van der Waals surface area contributed by atoms with Gasteiger partial charge in [0.15, 0.2) is 5.78 Å². The second kappa shape index (κ2) is 10.0. The van der Waals surface area contributed by atoms with Gasteiger partial charge in [-0.2, -0.15) is 0 Å². The third-order valence-electron chi connectivity index (χ3n) is 4.72. The molecule has 3 rings (SSSR count). The van der Waals surface area contributed by atoms with Crippen molar-refractivity contribution in [3.63, 3.8) is 0 Å². The first-order valence-corrected chi connectivity index (χ1v) is 9.62. The van der Waals surface area contributed by atoms with Crippen LogP contribution in [0.2, 0.25) is 0 Å². The van der Waals surface area contributed by atoms with E-state index in [9.17, 15) is 9.59 Å². The molecule has 0 unspecified atom stereocenters. The number of allylic oxidation sites excluding steroid dienone is 1. The third kappa shape index (κ3) is 6.01. The lowest BCUT2D eigenvalue weighted by Crippen LogP contribution is -2.35. The number of anilines is 1. The normalized spacial score (nSPS) is 14.7. The van der Waals surface area contributed by atoms with Crippen LogP contribution in [-0.4, -0.2) is 50.0 Å². The van der Waals surface area contributed by atoms with Gasteiger partial charge in [-0.25, -0.2) is 0 Å². The Kier molecular flexibility index (Phi) is 7.16. The summed E-state index contributed by atoms with van der Waals surface area (Å²) in [6, 6.07) is 12.9. The highest BCUT2D eigenvalue weighted by Gasteiger charge is 2.15. The lowest BCUT2D eigenvalue weighted by Gasteiger charge is -2.27. The fourth-order valence-electron chi connectivity index (χ4n) is 3.20. The van der Waals surface area contributed by atoms with Crippen LogP contribution in [0.4, 0.5) is 5.69 Å². The zero-order chi connectivity index (χ0) is 20.6. The minimum atomic E-state index is -0.115.